The topological polar surface area (TPSA) is 167 Å². The van der Waals surface area contributed by atoms with Crippen molar-refractivity contribution in [3.63, 3.8) is 0 Å². The molecule has 2 saturated heterocycles. The molecule has 2 aliphatic heterocycles. The molecule has 0 radical (unpaired) electrons. The number of carbonyl (C=O) groups excluding carboxylic acids is 1. The Morgan fingerprint density at radius 1 is 0.976 bits per heavy atom. The van der Waals surface area contributed by atoms with Gasteiger partial charge in [0.05, 0.1) is 12.2 Å². The largest absolute Gasteiger partial charge is 0.490 e. The van der Waals surface area contributed by atoms with Gasteiger partial charge in [0.15, 0.2) is 0 Å². The highest BCUT2D eigenvalue weighted by Crippen LogP contribution is 2.22. The molecule has 1 amide bonds. The average molecular weight is 613 g/mol. The summed E-state index contributed by atoms with van der Waals surface area (Å²) in [5.41, 5.74) is 2.97. The first kappa shape index (κ1) is 34.2. The molecule has 0 spiro atoms. The van der Waals surface area contributed by atoms with E-state index >= 15 is 0 Å². The van der Waals surface area contributed by atoms with Gasteiger partial charge in [-0.05, 0) is 38.7 Å². The van der Waals surface area contributed by atoms with Gasteiger partial charge in [-0.2, -0.15) is 26.3 Å². The second-order valence-electron chi connectivity index (χ2n) is 9.48. The molecule has 42 heavy (non-hydrogen) atoms. The van der Waals surface area contributed by atoms with Crippen LogP contribution >= 0.6 is 0 Å². The minimum atomic E-state index is -5.08. The monoisotopic (exact) mass is 612 g/mol. The van der Waals surface area contributed by atoms with Gasteiger partial charge in [-0.15, -0.1) is 5.10 Å². The van der Waals surface area contributed by atoms with E-state index < -0.39 is 24.3 Å². The van der Waals surface area contributed by atoms with Crippen LogP contribution in [-0.4, -0.2) is 103 Å². The predicted molar refractivity (Wildman–Crippen MR) is 132 cm³/mol. The van der Waals surface area contributed by atoms with Crippen molar-refractivity contribution in [3.05, 3.63) is 29.3 Å². The summed E-state index contributed by atoms with van der Waals surface area (Å²) in [6.07, 6.45) is -5.96. The number of anilines is 1. The van der Waals surface area contributed by atoms with E-state index in [0.29, 0.717) is 25.6 Å². The number of aryl methyl sites for hydroxylation is 2. The quantitative estimate of drug-likeness (QED) is 0.422. The maximum atomic E-state index is 11.5. The van der Waals surface area contributed by atoms with E-state index in [1.54, 1.807) is 0 Å². The van der Waals surface area contributed by atoms with Crippen molar-refractivity contribution in [2.75, 3.05) is 37.6 Å². The summed E-state index contributed by atoms with van der Waals surface area (Å²) in [6.45, 7) is 9.53. The van der Waals surface area contributed by atoms with Crippen LogP contribution in [0.2, 0.25) is 0 Å². The molecule has 234 valence electrons. The first-order valence-corrected chi connectivity index (χ1v) is 12.5. The molecule has 0 saturated carbocycles. The second-order valence-corrected chi connectivity index (χ2v) is 9.48. The molecule has 2 aromatic rings. The van der Waals surface area contributed by atoms with Crippen LogP contribution in [0.4, 0.5) is 32.3 Å². The van der Waals surface area contributed by atoms with Crippen molar-refractivity contribution in [3.8, 4) is 0 Å². The summed E-state index contributed by atoms with van der Waals surface area (Å²) in [4.78, 5) is 42.8. The van der Waals surface area contributed by atoms with Gasteiger partial charge in [0.1, 0.15) is 0 Å². The summed E-state index contributed by atoms with van der Waals surface area (Å²) in [6, 6.07) is 2.01. The van der Waals surface area contributed by atoms with E-state index in [1.807, 2.05) is 30.8 Å². The number of carboxylic acid groups (broad SMARTS) is 2. The standard InChI is InChI=1S/C19H28N8O.2C2HF3O2/c1-14-9-15(2)22-19(21-14)26-6-3-16(4-7-26)10-27-12-17(23-24-27)11-25-8-5-20-18(28)13-25;2*3-2(4,5)1(6)7/h9,12,16H,3-8,10-11,13H2,1-2H3,(H,20,28);2*(H,6,7). The van der Waals surface area contributed by atoms with Gasteiger partial charge in [0, 0.05) is 56.9 Å². The lowest BCUT2D eigenvalue weighted by atomic mass is 9.97. The fourth-order valence-corrected chi connectivity index (χ4v) is 3.98. The molecule has 3 N–H and O–H groups in total. The highest BCUT2D eigenvalue weighted by atomic mass is 19.4. The Morgan fingerprint density at radius 3 is 1.98 bits per heavy atom. The number of halogens is 6. The van der Waals surface area contributed by atoms with Gasteiger partial charge in [-0.25, -0.2) is 19.6 Å². The molecule has 19 heteroatoms. The van der Waals surface area contributed by atoms with Gasteiger partial charge >= 0.3 is 24.3 Å². The van der Waals surface area contributed by atoms with Crippen LogP contribution < -0.4 is 10.2 Å². The number of nitrogens with one attached hydrogen (secondary N) is 1. The zero-order valence-electron chi connectivity index (χ0n) is 22.6. The molecule has 4 rings (SSSR count). The van der Waals surface area contributed by atoms with E-state index in [0.717, 1.165) is 62.1 Å². The summed E-state index contributed by atoms with van der Waals surface area (Å²) in [7, 11) is 0. The number of rotatable bonds is 5. The zero-order valence-corrected chi connectivity index (χ0v) is 22.6. The van der Waals surface area contributed by atoms with Crippen molar-refractivity contribution in [2.24, 2.45) is 5.92 Å². The maximum Gasteiger partial charge on any atom is 0.490 e. The predicted octanol–water partition coefficient (Wildman–Crippen LogP) is 1.80. The normalized spacial score (nSPS) is 16.5. The van der Waals surface area contributed by atoms with E-state index in [2.05, 4.69) is 35.4 Å². The van der Waals surface area contributed by atoms with Gasteiger partial charge in [0.2, 0.25) is 11.9 Å². The number of alkyl halides is 6. The van der Waals surface area contributed by atoms with Crippen LogP contribution in [0.15, 0.2) is 12.3 Å². The van der Waals surface area contributed by atoms with Crippen molar-refractivity contribution in [1.29, 1.82) is 0 Å². The Hall–Kier alpha value is -4.03. The van der Waals surface area contributed by atoms with Crippen LogP contribution in [0.1, 0.15) is 29.9 Å². The third-order valence-electron chi connectivity index (χ3n) is 5.89. The van der Waals surface area contributed by atoms with Crippen molar-refractivity contribution >= 4 is 23.8 Å². The summed E-state index contributed by atoms with van der Waals surface area (Å²) >= 11 is 0. The molecule has 0 bridgehead atoms. The maximum absolute atomic E-state index is 11.5. The minimum absolute atomic E-state index is 0.0817. The van der Waals surface area contributed by atoms with E-state index in [-0.39, 0.29) is 5.91 Å². The molecule has 2 fully saturated rings. The number of amides is 1. The fraction of sp³-hybridized carbons (Fsp3) is 0.609. The van der Waals surface area contributed by atoms with Crippen molar-refractivity contribution in [1.82, 2.24) is 35.2 Å². The van der Waals surface area contributed by atoms with Crippen molar-refractivity contribution in [2.45, 2.75) is 52.1 Å². The first-order chi connectivity index (χ1) is 19.4. The molecule has 13 nitrogen and oxygen atoms in total. The molecule has 2 aliphatic rings. The lowest BCUT2D eigenvalue weighted by Crippen LogP contribution is -2.47. The highest BCUT2D eigenvalue weighted by Gasteiger charge is 2.38. The Bertz CT molecular complexity index is 1170. The van der Waals surface area contributed by atoms with Crippen LogP contribution in [0.25, 0.3) is 0 Å². The summed E-state index contributed by atoms with van der Waals surface area (Å²) in [5, 5.41) is 25.7. The zero-order chi connectivity index (χ0) is 31.7. The van der Waals surface area contributed by atoms with Crippen molar-refractivity contribution < 1.29 is 50.9 Å². The molecule has 0 atom stereocenters. The van der Waals surface area contributed by atoms with E-state index in [4.69, 9.17) is 19.8 Å². The molecule has 0 unspecified atom stereocenters. The number of nitrogens with zero attached hydrogens (tertiary/aromatic N) is 7. The smallest absolute Gasteiger partial charge is 0.475 e. The number of hydrogen-bond donors (Lipinski definition) is 3. The van der Waals surface area contributed by atoms with Gasteiger partial charge in [-0.1, -0.05) is 5.21 Å². The average Bonchev–Trinajstić information content (AvgIpc) is 3.30. The fourth-order valence-electron chi connectivity index (χ4n) is 3.98. The lowest BCUT2D eigenvalue weighted by Gasteiger charge is -2.32. The Balaban J connectivity index is 0.000000367. The number of carbonyl (C=O) groups is 3. The second kappa shape index (κ2) is 14.7. The van der Waals surface area contributed by atoms with Crippen LogP contribution in [0.5, 0.6) is 0 Å². The third-order valence-corrected chi connectivity index (χ3v) is 5.89. The van der Waals surface area contributed by atoms with Gasteiger partial charge < -0.3 is 20.4 Å². The number of carboxylic acids is 2. The molecular weight excluding hydrogens is 582 g/mol. The van der Waals surface area contributed by atoms with E-state index in [9.17, 15) is 31.1 Å². The van der Waals surface area contributed by atoms with Gasteiger partial charge in [0.25, 0.3) is 0 Å². The van der Waals surface area contributed by atoms with Gasteiger partial charge in [-0.3, -0.25) is 14.4 Å². The lowest BCUT2D eigenvalue weighted by molar-refractivity contribution is -0.193. The number of aromatic nitrogens is 5. The number of hydrogen-bond acceptors (Lipinski definition) is 9. The SMILES string of the molecule is Cc1cc(C)nc(N2CCC(Cn3cc(CN4CCNC(=O)C4)nn3)CC2)n1.O=C(O)C(F)(F)F.O=C(O)C(F)(F)F. The number of piperazine rings is 1. The summed E-state index contributed by atoms with van der Waals surface area (Å²) in [5.74, 6) is -4.00. The Labute approximate surface area is 235 Å². The van der Waals surface area contributed by atoms with Crippen LogP contribution in [-0.2, 0) is 27.5 Å². The van der Waals surface area contributed by atoms with Crippen LogP contribution in [0, 0.1) is 19.8 Å². The molecule has 2 aromatic heterocycles. The third kappa shape index (κ3) is 11.8. The Morgan fingerprint density at radius 2 is 1.50 bits per heavy atom. The first-order valence-electron chi connectivity index (χ1n) is 12.5. The Kier molecular flexibility index (Phi) is 12.0. The van der Waals surface area contributed by atoms with Crippen LogP contribution in [0.3, 0.4) is 0 Å². The summed E-state index contributed by atoms with van der Waals surface area (Å²) < 4.78 is 65.4. The minimum Gasteiger partial charge on any atom is -0.475 e. The molecular formula is C23H30F6N8O5. The number of piperidine rings is 1. The molecule has 4 heterocycles. The molecule has 0 aromatic carbocycles. The highest BCUT2D eigenvalue weighted by molar-refractivity contribution is 5.78. The van der Waals surface area contributed by atoms with E-state index in [1.165, 1.54) is 0 Å². The molecule has 0 aliphatic carbocycles. The number of aliphatic carboxylic acids is 2.